The Balaban J connectivity index is 0.00000300. The number of para-hydroxylation sites is 2. The summed E-state index contributed by atoms with van der Waals surface area (Å²) in [4.78, 5) is 20.2. The first-order valence-electron chi connectivity index (χ1n) is 9.27. The predicted molar refractivity (Wildman–Crippen MR) is 124 cm³/mol. The number of aliphatic imine (C=N–C) groups is 1. The molecule has 0 fully saturated rings. The lowest BCUT2D eigenvalue weighted by Gasteiger charge is -2.29. The van der Waals surface area contributed by atoms with E-state index in [0.717, 1.165) is 29.4 Å². The third-order valence-corrected chi connectivity index (χ3v) is 4.56. The highest BCUT2D eigenvalue weighted by Gasteiger charge is 2.24. The molecule has 3 rings (SSSR count). The van der Waals surface area contributed by atoms with Gasteiger partial charge in [0.05, 0.1) is 5.69 Å². The van der Waals surface area contributed by atoms with Crippen LogP contribution in [0.3, 0.4) is 0 Å². The van der Waals surface area contributed by atoms with Crippen LogP contribution in [0.2, 0.25) is 0 Å². The van der Waals surface area contributed by atoms with Gasteiger partial charge in [-0.15, -0.1) is 24.0 Å². The second-order valence-electron chi connectivity index (χ2n) is 6.61. The SMILES string of the molecule is CN=C(NCCCN1C(=O)COc2ccccc21)N(C)Cc1ccc(F)cc1.I. The fraction of sp³-hybridized carbons (Fsp3) is 0.333. The van der Waals surface area contributed by atoms with Crippen molar-refractivity contribution in [3.05, 3.63) is 59.9 Å². The van der Waals surface area contributed by atoms with Gasteiger partial charge >= 0.3 is 0 Å². The van der Waals surface area contributed by atoms with E-state index in [1.807, 2.05) is 36.2 Å². The van der Waals surface area contributed by atoms with Gasteiger partial charge in [0.25, 0.3) is 5.91 Å². The van der Waals surface area contributed by atoms with Crippen molar-refractivity contribution in [1.29, 1.82) is 0 Å². The second-order valence-corrected chi connectivity index (χ2v) is 6.61. The van der Waals surface area contributed by atoms with Gasteiger partial charge in [-0.25, -0.2) is 4.39 Å². The highest BCUT2D eigenvalue weighted by molar-refractivity contribution is 14.0. The fourth-order valence-corrected chi connectivity index (χ4v) is 3.16. The van der Waals surface area contributed by atoms with E-state index in [-0.39, 0.29) is 42.3 Å². The monoisotopic (exact) mass is 512 g/mol. The predicted octanol–water partition coefficient (Wildman–Crippen LogP) is 3.27. The minimum absolute atomic E-state index is 0. The maximum atomic E-state index is 13.0. The molecule has 2 aromatic carbocycles. The molecular weight excluding hydrogens is 486 g/mol. The van der Waals surface area contributed by atoms with Crippen molar-refractivity contribution in [2.24, 2.45) is 4.99 Å². The molecule has 6 nitrogen and oxygen atoms in total. The van der Waals surface area contributed by atoms with Crippen LogP contribution in [0.1, 0.15) is 12.0 Å². The molecule has 0 radical (unpaired) electrons. The number of rotatable bonds is 6. The third kappa shape index (κ3) is 6.06. The average molecular weight is 512 g/mol. The zero-order chi connectivity index (χ0) is 19.9. The summed E-state index contributed by atoms with van der Waals surface area (Å²) in [6, 6.07) is 14.0. The van der Waals surface area contributed by atoms with Gasteiger partial charge in [-0.05, 0) is 36.2 Å². The van der Waals surface area contributed by atoms with Gasteiger partial charge in [0.1, 0.15) is 11.6 Å². The van der Waals surface area contributed by atoms with E-state index in [2.05, 4.69) is 10.3 Å². The van der Waals surface area contributed by atoms with Crippen LogP contribution in [0, 0.1) is 5.82 Å². The summed E-state index contributed by atoms with van der Waals surface area (Å²) in [6.07, 6.45) is 0.767. The minimum Gasteiger partial charge on any atom is -0.482 e. The van der Waals surface area contributed by atoms with Gasteiger partial charge in [0, 0.05) is 33.7 Å². The summed E-state index contributed by atoms with van der Waals surface area (Å²) in [5.74, 6) is 1.22. The molecule has 1 aliphatic rings. The van der Waals surface area contributed by atoms with Crippen molar-refractivity contribution in [2.45, 2.75) is 13.0 Å². The van der Waals surface area contributed by atoms with Crippen molar-refractivity contribution in [3.63, 3.8) is 0 Å². The number of hydrogen-bond donors (Lipinski definition) is 1. The van der Waals surface area contributed by atoms with E-state index in [9.17, 15) is 9.18 Å². The van der Waals surface area contributed by atoms with Crippen molar-refractivity contribution < 1.29 is 13.9 Å². The Morgan fingerprint density at radius 2 is 1.97 bits per heavy atom. The third-order valence-electron chi connectivity index (χ3n) is 4.56. The summed E-state index contributed by atoms with van der Waals surface area (Å²) in [5, 5.41) is 3.31. The van der Waals surface area contributed by atoms with Crippen LogP contribution in [0.15, 0.2) is 53.5 Å². The van der Waals surface area contributed by atoms with Crippen LogP contribution in [0.25, 0.3) is 0 Å². The summed E-state index contributed by atoms with van der Waals surface area (Å²) in [6.45, 7) is 1.97. The van der Waals surface area contributed by atoms with E-state index < -0.39 is 0 Å². The number of nitrogens with one attached hydrogen (secondary N) is 1. The van der Waals surface area contributed by atoms with Gasteiger partial charge in [-0.2, -0.15) is 0 Å². The van der Waals surface area contributed by atoms with E-state index in [1.54, 1.807) is 24.1 Å². The number of guanidine groups is 1. The molecule has 0 aromatic heterocycles. The van der Waals surface area contributed by atoms with Gasteiger partial charge in [0.15, 0.2) is 12.6 Å². The number of benzene rings is 2. The first-order valence-corrected chi connectivity index (χ1v) is 9.27. The van der Waals surface area contributed by atoms with Crippen molar-refractivity contribution in [3.8, 4) is 5.75 Å². The summed E-state index contributed by atoms with van der Waals surface area (Å²) in [7, 11) is 3.66. The van der Waals surface area contributed by atoms with E-state index in [4.69, 9.17) is 4.74 Å². The fourth-order valence-electron chi connectivity index (χ4n) is 3.16. The number of ether oxygens (including phenoxy) is 1. The smallest absolute Gasteiger partial charge is 0.265 e. The van der Waals surface area contributed by atoms with Crippen molar-refractivity contribution >= 4 is 41.5 Å². The molecule has 0 spiro atoms. The lowest BCUT2D eigenvalue weighted by Crippen LogP contribution is -2.42. The molecule has 0 atom stereocenters. The Kier molecular flexibility index (Phi) is 8.69. The zero-order valence-corrected chi connectivity index (χ0v) is 18.9. The molecule has 1 aliphatic heterocycles. The van der Waals surface area contributed by atoms with Crippen LogP contribution in [0.4, 0.5) is 10.1 Å². The molecule has 0 saturated heterocycles. The van der Waals surface area contributed by atoms with E-state index >= 15 is 0 Å². The quantitative estimate of drug-likeness (QED) is 0.280. The number of halogens is 2. The molecule has 29 heavy (non-hydrogen) atoms. The Morgan fingerprint density at radius 1 is 1.24 bits per heavy atom. The van der Waals surface area contributed by atoms with E-state index in [1.165, 1.54) is 12.1 Å². The Morgan fingerprint density at radius 3 is 2.69 bits per heavy atom. The maximum absolute atomic E-state index is 13.0. The first-order chi connectivity index (χ1) is 13.6. The van der Waals surface area contributed by atoms with Gasteiger partial charge < -0.3 is 19.9 Å². The van der Waals surface area contributed by atoms with Crippen LogP contribution in [-0.2, 0) is 11.3 Å². The van der Waals surface area contributed by atoms with Gasteiger partial charge in [-0.3, -0.25) is 9.79 Å². The number of carbonyl (C=O) groups is 1. The molecule has 1 amide bonds. The molecule has 0 unspecified atom stereocenters. The maximum Gasteiger partial charge on any atom is 0.265 e. The molecule has 2 aromatic rings. The zero-order valence-electron chi connectivity index (χ0n) is 16.6. The molecule has 0 saturated carbocycles. The lowest BCUT2D eigenvalue weighted by molar-refractivity contribution is -0.121. The Hall–Kier alpha value is -2.36. The van der Waals surface area contributed by atoms with E-state index in [0.29, 0.717) is 19.6 Å². The molecule has 0 aliphatic carbocycles. The molecule has 0 bridgehead atoms. The number of carbonyl (C=O) groups excluding carboxylic acids is 1. The highest BCUT2D eigenvalue weighted by Crippen LogP contribution is 2.31. The number of nitrogens with zero attached hydrogens (tertiary/aromatic N) is 3. The Bertz CT molecular complexity index is 845. The number of anilines is 1. The summed E-state index contributed by atoms with van der Waals surface area (Å²) < 4.78 is 18.5. The standard InChI is InChI=1S/C21H25FN4O2.HI/c1-23-21(25(2)14-16-8-10-17(22)11-9-16)24-12-5-13-26-18-6-3-4-7-19(18)28-15-20(26)27;/h3-4,6-11H,5,12-15H2,1-2H3,(H,23,24);1H. The summed E-state index contributed by atoms with van der Waals surface area (Å²) >= 11 is 0. The van der Waals surface area contributed by atoms with Crippen LogP contribution in [-0.4, -0.2) is 50.6 Å². The topological polar surface area (TPSA) is 57.2 Å². The normalized spacial score (nSPS) is 13.3. The number of hydrogen-bond acceptors (Lipinski definition) is 3. The number of fused-ring (bicyclic) bond motifs is 1. The lowest BCUT2D eigenvalue weighted by atomic mass is 10.2. The average Bonchev–Trinajstić information content (AvgIpc) is 2.71. The molecular formula is C21H26FIN4O2. The van der Waals surface area contributed by atoms with Crippen molar-refractivity contribution in [1.82, 2.24) is 10.2 Å². The summed E-state index contributed by atoms with van der Waals surface area (Å²) in [5.41, 5.74) is 1.82. The van der Waals surface area contributed by atoms with Crippen LogP contribution < -0.4 is 15.0 Å². The second kappa shape index (κ2) is 11.0. The molecule has 1 heterocycles. The molecule has 156 valence electrons. The first kappa shape index (κ1) is 22.9. The number of amides is 1. The van der Waals surface area contributed by atoms with Gasteiger partial charge in [-0.1, -0.05) is 24.3 Å². The van der Waals surface area contributed by atoms with Gasteiger partial charge in [0.2, 0.25) is 0 Å². The van der Waals surface area contributed by atoms with Crippen molar-refractivity contribution in [2.75, 3.05) is 38.7 Å². The van der Waals surface area contributed by atoms with Crippen LogP contribution >= 0.6 is 24.0 Å². The Labute approximate surface area is 187 Å². The largest absolute Gasteiger partial charge is 0.482 e. The minimum atomic E-state index is -0.242. The highest BCUT2D eigenvalue weighted by atomic mass is 127. The van der Waals surface area contributed by atoms with Crippen LogP contribution in [0.5, 0.6) is 5.75 Å². The molecule has 8 heteroatoms. The molecule has 1 N–H and O–H groups in total.